The highest BCUT2D eigenvalue weighted by atomic mass is 19.1. The fraction of sp³-hybridized carbons (Fsp3) is 0.182. The Morgan fingerprint density at radius 2 is 2.27 bits per heavy atom. The maximum Gasteiger partial charge on any atom is 0.147 e. The van der Waals surface area contributed by atoms with Crippen molar-refractivity contribution in [3.63, 3.8) is 0 Å². The molecule has 0 aliphatic rings. The van der Waals surface area contributed by atoms with Gasteiger partial charge in [0.25, 0.3) is 0 Å². The van der Waals surface area contributed by atoms with Crippen LogP contribution in [0.5, 0.6) is 0 Å². The van der Waals surface area contributed by atoms with Crippen LogP contribution in [0.1, 0.15) is 18.6 Å². The number of hydrogen-bond donors (Lipinski definition) is 1. The first kappa shape index (κ1) is 9.86. The van der Waals surface area contributed by atoms with Crippen molar-refractivity contribution in [1.29, 1.82) is 0 Å². The van der Waals surface area contributed by atoms with Gasteiger partial charge < -0.3 is 9.67 Å². The summed E-state index contributed by atoms with van der Waals surface area (Å²) in [5.41, 5.74) is 0.994. The van der Waals surface area contributed by atoms with Crippen molar-refractivity contribution in [3.05, 3.63) is 48.3 Å². The number of halogens is 1. The van der Waals surface area contributed by atoms with Crippen molar-refractivity contribution in [3.8, 4) is 5.69 Å². The number of imidazole rings is 1. The Morgan fingerprint density at radius 3 is 2.80 bits per heavy atom. The Labute approximate surface area is 86.8 Å². The van der Waals surface area contributed by atoms with Crippen molar-refractivity contribution >= 4 is 0 Å². The summed E-state index contributed by atoms with van der Waals surface area (Å²) >= 11 is 0. The predicted octanol–water partition coefficient (Wildman–Crippen LogP) is 2.06. The molecule has 15 heavy (non-hydrogen) atoms. The zero-order valence-corrected chi connectivity index (χ0v) is 8.26. The molecule has 1 heterocycles. The second-order valence-electron chi connectivity index (χ2n) is 3.36. The highest BCUT2D eigenvalue weighted by Gasteiger charge is 2.07. The van der Waals surface area contributed by atoms with Gasteiger partial charge >= 0.3 is 0 Å². The lowest BCUT2D eigenvalue weighted by atomic mass is 10.1. The second kappa shape index (κ2) is 3.82. The Balaban J connectivity index is 2.44. The van der Waals surface area contributed by atoms with Gasteiger partial charge in [-0.1, -0.05) is 6.07 Å². The lowest BCUT2D eigenvalue weighted by Crippen LogP contribution is -1.98. The summed E-state index contributed by atoms with van der Waals surface area (Å²) in [6, 6.07) is 4.65. The molecule has 3 nitrogen and oxygen atoms in total. The molecule has 1 unspecified atom stereocenters. The SMILES string of the molecule is CC(O)c1ccc(-n2ccnc2)c(F)c1. The molecule has 0 saturated carbocycles. The summed E-state index contributed by atoms with van der Waals surface area (Å²) in [5.74, 6) is -0.369. The normalized spacial score (nSPS) is 12.7. The van der Waals surface area contributed by atoms with Crippen molar-refractivity contribution in [1.82, 2.24) is 9.55 Å². The molecule has 4 heteroatoms. The van der Waals surface area contributed by atoms with Crippen LogP contribution >= 0.6 is 0 Å². The molecule has 0 fully saturated rings. The van der Waals surface area contributed by atoms with Crippen LogP contribution in [-0.4, -0.2) is 14.7 Å². The predicted molar refractivity (Wildman–Crippen MR) is 54.2 cm³/mol. The first-order valence-corrected chi connectivity index (χ1v) is 4.64. The van der Waals surface area contributed by atoms with Gasteiger partial charge in [0.1, 0.15) is 5.82 Å². The molecule has 1 atom stereocenters. The fourth-order valence-electron chi connectivity index (χ4n) is 1.39. The number of nitrogens with zero attached hydrogens (tertiary/aromatic N) is 2. The van der Waals surface area contributed by atoms with Gasteiger partial charge in [-0.15, -0.1) is 0 Å². The number of rotatable bonds is 2. The van der Waals surface area contributed by atoms with Gasteiger partial charge in [-0.2, -0.15) is 0 Å². The van der Waals surface area contributed by atoms with E-state index >= 15 is 0 Å². The molecule has 0 saturated heterocycles. The van der Waals surface area contributed by atoms with E-state index in [1.807, 2.05) is 0 Å². The Kier molecular flexibility index (Phi) is 2.51. The van der Waals surface area contributed by atoms with E-state index in [0.29, 0.717) is 11.3 Å². The standard InChI is InChI=1S/C11H11FN2O/c1-8(15)9-2-3-11(10(12)6-9)14-5-4-13-7-14/h2-8,15H,1H3. The van der Waals surface area contributed by atoms with E-state index in [4.69, 9.17) is 0 Å². The molecule has 78 valence electrons. The molecule has 1 aromatic heterocycles. The second-order valence-corrected chi connectivity index (χ2v) is 3.36. The van der Waals surface area contributed by atoms with Gasteiger partial charge in [-0.3, -0.25) is 0 Å². The molecule has 0 aliphatic heterocycles. The molecule has 2 aromatic rings. The third-order valence-corrected chi connectivity index (χ3v) is 2.24. The first-order valence-electron chi connectivity index (χ1n) is 4.64. The molecule has 0 spiro atoms. The Hall–Kier alpha value is -1.68. The Morgan fingerprint density at radius 1 is 1.47 bits per heavy atom. The highest BCUT2D eigenvalue weighted by molar-refractivity contribution is 5.37. The van der Waals surface area contributed by atoms with E-state index < -0.39 is 6.10 Å². The third kappa shape index (κ3) is 1.89. The quantitative estimate of drug-likeness (QED) is 0.816. The van der Waals surface area contributed by atoms with Crippen LogP contribution < -0.4 is 0 Å². The minimum absolute atomic E-state index is 0.369. The molecule has 1 N–H and O–H groups in total. The van der Waals surface area contributed by atoms with Gasteiger partial charge in [0, 0.05) is 12.4 Å². The van der Waals surface area contributed by atoms with Crippen LogP contribution in [0, 0.1) is 5.82 Å². The lowest BCUT2D eigenvalue weighted by Gasteiger charge is -2.08. The van der Waals surface area contributed by atoms with E-state index in [2.05, 4.69) is 4.98 Å². The van der Waals surface area contributed by atoms with Crippen LogP contribution in [-0.2, 0) is 0 Å². The maximum absolute atomic E-state index is 13.6. The third-order valence-electron chi connectivity index (χ3n) is 2.24. The zero-order valence-electron chi connectivity index (χ0n) is 8.26. The molecule has 0 radical (unpaired) electrons. The average Bonchev–Trinajstić information content (AvgIpc) is 2.70. The van der Waals surface area contributed by atoms with Crippen molar-refractivity contribution in [2.75, 3.05) is 0 Å². The lowest BCUT2D eigenvalue weighted by molar-refractivity contribution is 0.199. The summed E-state index contributed by atoms with van der Waals surface area (Å²) in [5, 5.41) is 9.28. The summed E-state index contributed by atoms with van der Waals surface area (Å²) in [6.07, 6.45) is 4.12. The minimum Gasteiger partial charge on any atom is -0.389 e. The maximum atomic E-state index is 13.6. The zero-order chi connectivity index (χ0) is 10.8. The van der Waals surface area contributed by atoms with Crippen LogP contribution in [0.15, 0.2) is 36.9 Å². The molecule has 2 rings (SSSR count). The molecule has 0 bridgehead atoms. The minimum atomic E-state index is -0.656. The number of aliphatic hydroxyl groups is 1. The number of aromatic nitrogens is 2. The van der Waals surface area contributed by atoms with E-state index in [9.17, 15) is 9.50 Å². The van der Waals surface area contributed by atoms with Crippen molar-refractivity contribution < 1.29 is 9.50 Å². The summed E-state index contributed by atoms with van der Waals surface area (Å²) in [7, 11) is 0. The first-order chi connectivity index (χ1) is 7.18. The number of benzene rings is 1. The van der Waals surface area contributed by atoms with Gasteiger partial charge in [0.15, 0.2) is 0 Å². The van der Waals surface area contributed by atoms with E-state index in [0.717, 1.165) is 0 Å². The monoisotopic (exact) mass is 206 g/mol. The van der Waals surface area contributed by atoms with Gasteiger partial charge in [-0.05, 0) is 24.6 Å². The smallest absolute Gasteiger partial charge is 0.147 e. The van der Waals surface area contributed by atoms with Crippen LogP contribution in [0.3, 0.4) is 0 Å². The summed E-state index contributed by atoms with van der Waals surface area (Å²) in [6.45, 7) is 1.60. The fourth-order valence-corrected chi connectivity index (χ4v) is 1.39. The van der Waals surface area contributed by atoms with Crippen LogP contribution in [0.4, 0.5) is 4.39 Å². The largest absolute Gasteiger partial charge is 0.389 e. The van der Waals surface area contributed by atoms with E-state index in [1.54, 1.807) is 36.0 Å². The van der Waals surface area contributed by atoms with Gasteiger partial charge in [-0.25, -0.2) is 9.37 Å². The topological polar surface area (TPSA) is 38.0 Å². The molecule has 1 aromatic carbocycles. The Bertz CT molecular complexity index is 452. The molecular weight excluding hydrogens is 195 g/mol. The molecular formula is C11H11FN2O. The van der Waals surface area contributed by atoms with Crippen LogP contribution in [0.25, 0.3) is 5.69 Å². The van der Waals surface area contributed by atoms with E-state index in [1.165, 1.54) is 12.4 Å². The van der Waals surface area contributed by atoms with E-state index in [-0.39, 0.29) is 5.82 Å². The summed E-state index contributed by atoms with van der Waals surface area (Å²) in [4.78, 5) is 3.84. The molecule has 0 aliphatic carbocycles. The highest BCUT2D eigenvalue weighted by Crippen LogP contribution is 2.18. The summed E-state index contributed by atoms with van der Waals surface area (Å²) < 4.78 is 15.2. The number of aliphatic hydroxyl groups excluding tert-OH is 1. The van der Waals surface area contributed by atoms with Crippen molar-refractivity contribution in [2.24, 2.45) is 0 Å². The van der Waals surface area contributed by atoms with Crippen LogP contribution in [0.2, 0.25) is 0 Å². The number of hydrogen-bond acceptors (Lipinski definition) is 2. The van der Waals surface area contributed by atoms with Gasteiger partial charge in [0.2, 0.25) is 0 Å². The molecule has 0 amide bonds. The van der Waals surface area contributed by atoms with Crippen molar-refractivity contribution in [2.45, 2.75) is 13.0 Å². The van der Waals surface area contributed by atoms with Gasteiger partial charge in [0.05, 0.1) is 18.1 Å². The average molecular weight is 206 g/mol.